The number of rotatable bonds is 15. The van der Waals surface area contributed by atoms with Crippen LogP contribution in [-0.4, -0.2) is 44.2 Å². The van der Waals surface area contributed by atoms with Crippen LogP contribution in [0.3, 0.4) is 0 Å². The van der Waals surface area contributed by atoms with E-state index in [0.29, 0.717) is 42.4 Å². The molecule has 0 aliphatic carbocycles. The van der Waals surface area contributed by atoms with Gasteiger partial charge in [-0.05, 0) is 62.3 Å². The average Bonchev–Trinajstić information content (AvgIpc) is 2.76. The molecule has 0 aliphatic heterocycles. The summed E-state index contributed by atoms with van der Waals surface area (Å²) in [5.74, 6) is 1.20. The minimum Gasteiger partial charge on any atom is -0.465 e. The Labute approximate surface area is 237 Å². The molecule has 4 atom stereocenters. The molecule has 2 aromatic rings. The summed E-state index contributed by atoms with van der Waals surface area (Å²) in [5, 5.41) is 1.06. The van der Waals surface area contributed by atoms with Crippen LogP contribution in [0.15, 0.2) is 30.3 Å². The topological polar surface area (TPSA) is 72.5 Å². The first-order valence-electron chi connectivity index (χ1n) is 11.5. The van der Waals surface area contributed by atoms with Crippen molar-refractivity contribution in [1.82, 2.24) is 0 Å². The summed E-state index contributed by atoms with van der Waals surface area (Å²) >= 11 is 12.6. The van der Waals surface area contributed by atoms with Crippen LogP contribution in [0.2, 0.25) is 10.0 Å². The van der Waals surface area contributed by atoms with Crippen molar-refractivity contribution in [2.24, 2.45) is 0 Å². The second-order valence-electron chi connectivity index (χ2n) is 7.27. The summed E-state index contributed by atoms with van der Waals surface area (Å²) in [7, 11) is -0.414. The number of ether oxygens (including phenoxy) is 6. The van der Waals surface area contributed by atoms with Crippen molar-refractivity contribution in [2.75, 3.05) is 19.8 Å². The maximum absolute atomic E-state index is 13.3. The van der Waals surface area contributed by atoms with Gasteiger partial charge < -0.3 is 28.4 Å². The van der Waals surface area contributed by atoms with E-state index in [0.717, 1.165) is 0 Å². The molecule has 0 aliphatic rings. The Balaban J connectivity index is 0.00000648. The summed E-state index contributed by atoms with van der Waals surface area (Å²) in [6, 6.07) is 8.31. The standard InChI is InChI=1S/C25H33Cl2O7P.Li/c1-7-29-15(4)32-18-13-21(33-16(5)30-8-2)24(22(14-18)34-17(6)31-9-3)35-25(28)23-19(26)11-10-12-20(23)27;/h10-17,35H,7-9H2,1-6H3;/q;+1. The van der Waals surface area contributed by atoms with Crippen LogP contribution >= 0.6 is 31.8 Å². The third-order valence-corrected chi connectivity index (χ3v) is 6.41. The number of carbonyl (C=O) groups is 1. The Hall–Kier alpha value is -1.00. The van der Waals surface area contributed by atoms with Crippen LogP contribution in [0.5, 0.6) is 17.2 Å². The smallest absolute Gasteiger partial charge is 0.465 e. The molecule has 11 heteroatoms. The molecule has 2 rings (SSSR count). The number of benzene rings is 2. The van der Waals surface area contributed by atoms with Gasteiger partial charge in [0.05, 0.1) is 20.9 Å². The van der Waals surface area contributed by atoms with Gasteiger partial charge in [-0.3, -0.25) is 4.79 Å². The van der Waals surface area contributed by atoms with Crippen molar-refractivity contribution >= 4 is 42.6 Å². The molecule has 4 unspecified atom stereocenters. The minimum atomic E-state index is -0.584. The summed E-state index contributed by atoms with van der Waals surface area (Å²) in [6.07, 6.45) is -1.68. The van der Waals surface area contributed by atoms with Gasteiger partial charge in [0.2, 0.25) is 0 Å². The molecule has 0 fully saturated rings. The molecule has 0 saturated heterocycles. The first-order chi connectivity index (χ1) is 16.7. The van der Waals surface area contributed by atoms with Gasteiger partial charge in [-0.1, -0.05) is 29.3 Å². The fourth-order valence-corrected chi connectivity index (χ4v) is 5.05. The zero-order valence-corrected chi connectivity index (χ0v) is 24.4. The molecule has 0 aromatic heterocycles. The van der Waals surface area contributed by atoms with Gasteiger partial charge in [-0.2, -0.15) is 0 Å². The summed E-state index contributed by atoms with van der Waals surface area (Å²) < 4.78 is 34.7. The van der Waals surface area contributed by atoms with E-state index in [1.807, 2.05) is 20.8 Å². The normalized spacial score (nSPS) is 13.7. The number of hydrogen-bond acceptors (Lipinski definition) is 7. The predicted molar refractivity (Wildman–Crippen MR) is 140 cm³/mol. The third kappa shape index (κ3) is 10.0. The largest absolute Gasteiger partial charge is 1.00 e. The van der Waals surface area contributed by atoms with Gasteiger partial charge in [0.25, 0.3) is 0 Å². The van der Waals surface area contributed by atoms with Gasteiger partial charge in [0.1, 0.15) is 17.2 Å². The molecule has 0 heterocycles. The molecule has 7 nitrogen and oxygen atoms in total. The molecule has 0 N–H and O–H groups in total. The van der Waals surface area contributed by atoms with Crippen molar-refractivity contribution < 1.29 is 52.1 Å². The molecule has 2 aromatic carbocycles. The Bertz CT molecular complexity index is 924. The fraction of sp³-hybridized carbons (Fsp3) is 0.480. The van der Waals surface area contributed by atoms with Crippen molar-refractivity contribution in [2.45, 2.75) is 60.4 Å². The summed E-state index contributed by atoms with van der Waals surface area (Å²) in [4.78, 5) is 13.3. The molecule has 0 radical (unpaired) electrons. The van der Waals surface area contributed by atoms with Crippen molar-refractivity contribution in [3.8, 4) is 17.2 Å². The van der Waals surface area contributed by atoms with Crippen LogP contribution < -0.4 is 38.4 Å². The molecule has 36 heavy (non-hydrogen) atoms. The van der Waals surface area contributed by atoms with E-state index in [9.17, 15) is 4.79 Å². The molecule has 0 saturated carbocycles. The van der Waals surface area contributed by atoms with E-state index in [4.69, 9.17) is 51.6 Å². The van der Waals surface area contributed by atoms with Gasteiger partial charge in [0.15, 0.2) is 24.4 Å². The zero-order valence-electron chi connectivity index (χ0n) is 21.9. The number of halogens is 2. The van der Waals surface area contributed by atoms with E-state index in [1.54, 1.807) is 51.1 Å². The monoisotopic (exact) mass is 553 g/mol. The third-order valence-electron chi connectivity index (χ3n) is 4.56. The van der Waals surface area contributed by atoms with E-state index >= 15 is 0 Å². The van der Waals surface area contributed by atoms with Gasteiger partial charge in [0, 0.05) is 32.0 Å². The molecule has 0 bridgehead atoms. The van der Waals surface area contributed by atoms with Crippen LogP contribution in [0.25, 0.3) is 0 Å². The second kappa shape index (κ2) is 16.8. The Morgan fingerprint density at radius 2 is 1.22 bits per heavy atom. The average molecular weight is 554 g/mol. The van der Waals surface area contributed by atoms with E-state index in [-0.39, 0.29) is 40.0 Å². The maximum atomic E-state index is 13.3. The van der Waals surface area contributed by atoms with E-state index < -0.39 is 27.5 Å². The van der Waals surface area contributed by atoms with E-state index in [1.165, 1.54) is 0 Å². The Morgan fingerprint density at radius 1 is 0.806 bits per heavy atom. The molecular weight excluding hydrogens is 521 g/mol. The van der Waals surface area contributed by atoms with Crippen LogP contribution in [0.1, 0.15) is 51.9 Å². The SMILES string of the molecule is CCOC(C)Oc1cc(OC(C)OCC)c(PC(=O)c2c(Cl)cccc2Cl)c(OC(C)OCC)c1.[Li+]. The van der Waals surface area contributed by atoms with Crippen molar-refractivity contribution in [3.05, 3.63) is 45.9 Å². The summed E-state index contributed by atoms with van der Waals surface area (Å²) in [5.41, 5.74) is -0.0214. The molecule has 0 spiro atoms. The Morgan fingerprint density at radius 3 is 1.64 bits per heavy atom. The number of hydrogen-bond donors (Lipinski definition) is 0. The first-order valence-corrected chi connectivity index (χ1v) is 13.2. The van der Waals surface area contributed by atoms with Gasteiger partial charge in [-0.15, -0.1) is 0 Å². The fourth-order valence-electron chi connectivity index (χ4n) is 3.19. The minimum absolute atomic E-state index is 0. The zero-order chi connectivity index (χ0) is 26.0. The molecule has 0 amide bonds. The molecular formula is C25H33Cl2LiO7P+. The van der Waals surface area contributed by atoms with Crippen molar-refractivity contribution in [1.29, 1.82) is 0 Å². The maximum Gasteiger partial charge on any atom is 1.00 e. The van der Waals surface area contributed by atoms with Crippen LogP contribution in [0.4, 0.5) is 0 Å². The molecule has 194 valence electrons. The summed E-state index contributed by atoms with van der Waals surface area (Å²) in [6.45, 7) is 12.3. The van der Waals surface area contributed by atoms with Crippen LogP contribution in [-0.2, 0) is 14.2 Å². The second-order valence-corrected chi connectivity index (χ2v) is 9.29. The van der Waals surface area contributed by atoms with Gasteiger partial charge >= 0.3 is 18.9 Å². The van der Waals surface area contributed by atoms with Crippen LogP contribution in [0, 0.1) is 0 Å². The van der Waals surface area contributed by atoms with E-state index in [2.05, 4.69) is 0 Å². The number of carbonyl (C=O) groups excluding carboxylic acids is 1. The predicted octanol–water partition coefficient (Wildman–Crippen LogP) is 3.43. The van der Waals surface area contributed by atoms with Gasteiger partial charge in [-0.25, -0.2) is 0 Å². The first kappa shape index (κ1) is 33.0. The van der Waals surface area contributed by atoms with Crippen molar-refractivity contribution in [3.63, 3.8) is 0 Å². The quantitative estimate of drug-likeness (QED) is 0.190. The Kier molecular flexibility index (Phi) is 15.4.